The molecule has 7 nitrogen and oxygen atoms in total. The first-order valence-electron chi connectivity index (χ1n) is 12.0. The van der Waals surface area contributed by atoms with E-state index in [1.165, 1.54) is 4.90 Å². The number of carbonyl (C=O) groups is 3. The number of pyridine rings is 1. The van der Waals surface area contributed by atoms with Gasteiger partial charge in [-0.15, -0.1) is 11.3 Å². The first-order valence-corrected chi connectivity index (χ1v) is 12.8. The molecule has 5 rings (SSSR count). The van der Waals surface area contributed by atoms with E-state index in [1.807, 2.05) is 40.6 Å². The summed E-state index contributed by atoms with van der Waals surface area (Å²) in [6.45, 7) is 1.58. The molecule has 0 unspecified atom stereocenters. The van der Waals surface area contributed by atoms with Crippen molar-refractivity contribution in [3.05, 3.63) is 52.5 Å². The number of likely N-dealkylation sites (tertiary alicyclic amines) is 1. The third-order valence-electron chi connectivity index (χ3n) is 7.49. The second kappa shape index (κ2) is 9.25. The molecule has 1 atom stereocenters. The molecule has 0 bridgehead atoms. The largest absolute Gasteiger partial charge is 0.342 e. The third kappa shape index (κ3) is 4.05. The average Bonchev–Trinajstić information content (AvgIpc) is 3.61. The van der Waals surface area contributed by atoms with E-state index in [0.717, 1.165) is 30.6 Å². The molecule has 2 aromatic heterocycles. The molecule has 8 heteroatoms. The van der Waals surface area contributed by atoms with E-state index in [9.17, 15) is 14.4 Å². The van der Waals surface area contributed by atoms with Gasteiger partial charge in [0.2, 0.25) is 5.91 Å². The van der Waals surface area contributed by atoms with Crippen molar-refractivity contribution in [2.24, 2.45) is 11.8 Å². The number of piperidine rings is 1. The molecule has 1 saturated carbocycles. The monoisotopic (exact) mass is 466 g/mol. The summed E-state index contributed by atoms with van der Waals surface area (Å²) >= 11 is 1.63. The lowest BCUT2D eigenvalue weighted by Gasteiger charge is -2.41. The molecule has 0 spiro atoms. The Morgan fingerprint density at radius 3 is 2.55 bits per heavy atom. The maximum Gasteiger partial charge on any atom is 0.325 e. The SMILES string of the molecule is O=C(C1CCCC1)N1CCC([C@@]2(c3ccccn3)NC(=O)N(CCc3cccs3)C2=O)CC1. The zero-order chi connectivity index (χ0) is 22.8. The highest BCUT2D eigenvalue weighted by Crippen LogP contribution is 2.41. The predicted molar refractivity (Wildman–Crippen MR) is 125 cm³/mol. The normalized spacial score (nSPS) is 24.5. The number of hydrogen-bond acceptors (Lipinski definition) is 5. The van der Waals surface area contributed by atoms with Crippen LogP contribution in [0.3, 0.4) is 0 Å². The summed E-state index contributed by atoms with van der Waals surface area (Å²) in [7, 11) is 0. The van der Waals surface area contributed by atoms with E-state index in [2.05, 4.69) is 10.3 Å². The van der Waals surface area contributed by atoms with Crippen LogP contribution in [0.4, 0.5) is 4.79 Å². The molecule has 2 aromatic rings. The van der Waals surface area contributed by atoms with Crippen molar-refractivity contribution in [1.29, 1.82) is 0 Å². The van der Waals surface area contributed by atoms with E-state index in [1.54, 1.807) is 17.5 Å². The van der Waals surface area contributed by atoms with Gasteiger partial charge in [0.05, 0.1) is 5.69 Å². The van der Waals surface area contributed by atoms with Gasteiger partial charge in [-0.1, -0.05) is 25.0 Å². The van der Waals surface area contributed by atoms with Gasteiger partial charge in [-0.3, -0.25) is 19.5 Å². The zero-order valence-electron chi connectivity index (χ0n) is 18.7. The highest BCUT2D eigenvalue weighted by atomic mass is 32.1. The van der Waals surface area contributed by atoms with E-state index in [4.69, 9.17) is 0 Å². The molecule has 3 aliphatic rings. The minimum Gasteiger partial charge on any atom is -0.342 e. The smallest absolute Gasteiger partial charge is 0.325 e. The number of carbonyl (C=O) groups excluding carboxylic acids is 3. The van der Waals surface area contributed by atoms with Gasteiger partial charge in [-0.25, -0.2) is 4.79 Å². The second-order valence-electron chi connectivity index (χ2n) is 9.32. The van der Waals surface area contributed by atoms with Crippen LogP contribution >= 0.6 is 11.3 Å². The second-order valence-corrected chi connectivity index (χ2v) is 10.4. The number of nitrogens with zero attached hydrogens (tertiary/aromatic N) is 3. The van der Waals surface area contributed by atoms with E-state index < -0.39 is 5.54 Å². The average molecular weight is 467 g/mol. The summed E-state index contributed by atoms with van der Waals surface area (Å²) in [5.41, 5.74) is -0.585. The molecule has 2 aliphatic heterocycles. The molecular formula is C25H30N4O3S. The van der Waals surface area contributed by atoms with Gasteiger partial charge < -0.3 is 10.2 Å². The first-order chi connectivity index (χ1) is 16.1. The van der Waals surface area contributed by atoms with Crippen LogP contribution in [-0.2, 0) is 21.5 Å². The van der Waals surface area contributed by atoms with Gasteiger partial charge in [0, 0.05) is 42.5 Å². The fraction of sp³-hybridized carbons (Fsp3) is 0.520. The lowest BCUT2D eigenvalue weighted by Crippen LogP contribution is -2.55. The van der Waals surface area contributed by atoms with E-state index in [-0.39, 0.29) is 29.7 Å². The minimum absolute atomic E-state index is 0.108. The molecule has 174 valence electrons. The Morgan fingerprint density at radius 1 is 1.09 bits per heavy atom. The third-order valence-corrected chi connectivity index (χ3v) is 8.42. The van der Waals surface area contributed by atoms with Crippen molar-refractivity contribution >= 4 is 29.2 Å². The number of urea groups is 1. The van der Waals surface area contributed by atoms with Crippen molar-refractivity contribution in [3.63, 3.8) is 0 Å². The van der Waals surface area contributed by atoms with Crippen LogP contribution in [0.2, 0.25) is 0 Å². The fourth-order valence-corrected chi connectivity index (χ4v) is 6.39. The predicted octanol–water partition coefficient (Wildman–Crippen LogP) is 3.56. The molecule has 3 fully saturated rings. The van der Waals surface area contributed by atoms with Gasteiger partial charge in [0.1, 0.15) is 0 Å². The lowest BCUT2D eigenvalue weighted by atomic mass is 9.75. The van der Waals surface area contributed by atoms with Crippen LogP contribution in [0.5, 0.6) is 0 Å². The Kier molecular flexibility index (Phi) is 6.19. The number of imide groups is 1. The highest BCUT2D eigenvalue weighted by Gasteiger charge is 2.58. The summed E-state index contributed by atoms with van der Waals surface area (Å²) < 4.78 is 0. The summed E-state index contributed by atoms with van der Waals surface area (Å²) in [5, 5.41) is 5.06. The molecule has 0 aromatic carbocycles. The van der Waals surface area contributed by atoms with Crippen molar-refractivity contribution in [1.82, 2.24) is 20.1 Å². The van der Waals surface area contributed by atoms with Gasteiger partial charge >= 0.3 is 6.03 Å². The molecule has 1 N–H and O–H groups in total. The fourth-order valence-electron chi connectivity index (χ4n) is 5.69. The van der Waals surface area contributed by atoms with Gasteiger partial charge in [0.25, 0.3) is 5.91 Å². The Morgan fingerprint density at radius 2 is 1.88 bits per heavy atom. The summed E-state index contributed by atoms with van der Waals surface area (Å²) in [6.07, 6.45) is 7.90. The summed E-state index contributed by atoms with van der Waals surface area (Å²) in [5.74, 6) is 0.0931. The van der Waals surface area contributed by atoms with E-state index >= 15 is 0 Å². The standard InChI is InChI=1S/C25H30N4O3S/c30-22(18-6-1-2-7-18)28-14-10-19(11-15-28)25(21-9-3-4-13-26-21)23(31)29(24(32)27-25)16-12-20-8-5-17-33-20/h3-5,8-9,13,17-19H,1-2,6-7,10-12,14-16H2,(H,27,32)/t25-/m0/s1. The van der Waals surface area contributed by atoms with Crippen molar-refractivity contribution in [2.75, 3.05) is 19.6 Å². The number of amides is 4. The van der Waals surface area contributed by atoms with Crippen LogP contribution in [0.1, 0.15) is 49.1 Å². The van der Waals surface area contributed by atoms with Crippen LogP contribution in [0.25, 0.3) is 0 Å². The van der Waals surface area contributed by atoms with E-state index in [0.29, 0.717) is 44.6 Å². The molecule has 2 saturated heterocycles. The zero-order valence-corrected chi connectivity index (χ0v) is 19.6. The highest BCUT2D eigenvalue weighted by molar-refractivity contribution is 7.09. The molecule has 1 aliphatic carbocycles. The van der Waals surface area contributed by atoms with Crippen LogP contribution in [-0.4, -0.2) is 52.3 Å². The van der Waals surface area contributed by atoms with Crippen LogP contribution in [0, 0.1) is 11.8 Å². The number of aromatic nitrogens is 1. The number of rotatable bonds is 6. The number of hydrogen-bond donors (Lipinski definition) is 1. The molecule has 4 heterocycles. The van der Waals surface area contributed by atoms with Crippen molar-refractivity contribution in [2.45, 2.75) is 50.5 Å². The molecule has 4 amide bonds. The van der Waals surface area contributed by atoms with Crippen molar-refractivity contribution in [3.8, 4) is 0 Å². The lowest BCUT2D eigenvalue weighted by molar-refractivity contribution is -0.138. The minimum atomic E-state index is -1.17. The molecule has 33 heavy (non-hydrogen) atoms. The van der Waals surface area contributed by atoms with Gasteiger partial charge in [-0.05, 0) is 55.7 Å². The quantitative estimate of drug-likeness (QED) is 0.660. The maximum atomic E-state index is 13.8. The molecule has 0 radical (unpaired) electrons. The van der Waals surface area contributed by atoms with Gasteiger partial charge in [0.15, 0.2) is 5.54 Å². The first kappa shape index (κ1) is 22.1. The Hall–Kier alpha value is -2.74. The maximum absolute atomic E-state index is 13.8. The number of thiophene rings is 1. The van der Waals surface area contributed by atoms with Crippen molar-refractivity contribution < 1.29 is 14.4 Å². The summed E-state index contributed by atoms with van der Waals surface area (Å²) in [4.78, 5) is 48.8. The Balaban J connectivity index is 1.36. The number of nitrogens with one attached hydrogen (secondary N) is 1. The molecular weight excluding hydrogens is 436 g/mol. The topological polar surface area (TPSA) is 82.6 Å². The summed E-state index contributed by atoms with van der Waals surface area (Å²) in [6, 6.07) is 9.15. The Bertz CT molecular complexity index is 998. The Labute approximate surface area is 198 Å². The van der Waals surface area contributed by atoms with Crippen LogP contribution < -0.4 is 5.32 Å². The van der Waals surface area contributed by atoms with Crippen LogP contribution in [0.15, 0.2) is 41.9 Å². The van der Waals surface area contributed by atoms with Gasteiger partial charge in [-0.2, -0.15) is 0 Å².